The van der Waals surface area contributed by atoms with Gasteiger partial charge in [0.1, 0.15) is 0 Å². The molecule has 5 heteroatoms. The van der Waals surface area contributed by atoms with Crippen LogP contribution in [0.3, 0.4) is 0 Å². The van der Waals surface area contributed by atoms with Crippen LogP contribution in [0.1, 0.15) is 38.8 Å². The van der Waals surface area contributed by atoms with Crippen LogP contribution in [0, 0.1) is 0 Å². The monoisotopic (exact) mass is 319 g/mol. The molecule has 2 unspecified atom stereocenters. The van der Waals surface area contributed by atoms with Crippen LogP contribution in [-0.4, -0.2) is 41.6 Å². The fraction of sp³-hybridized carbons (Fsp3) is 0.611. The van der Waals surface area contributed by atoms with Crippen molar-refractivity contribution in [2.24, 2.45) is 5.73 Å². The highest BCUT2D eigenvalue weighted by Crippen LogP contribution is 2.14. The number of nitrogens with zero attached hydrogens (tertiary/aromatic N) is 1. The number of carbonyl (C=O) groups excluding carboxylic acids is 1. The zero-order valence-corrected chi connectivity index (χ0v) is 14.6. The number of ether oxygens (including phenoxy) is 1. The van der Waals surface area contributed by atoms with Crippen LogP contribution in [-0.2, 0) is 22.6 Å². The van der Waals surface area contributed by atoms with Crippen LogP contribution < -0.4 is 11.1 Å². The molecule has 2 atom stereocenters. The summed E-state index contributed by atoms with van der Waals surface area (Å²) < 4.78 is 5.76. The molecule has 0 bridgehead atoms. The predicted octanol–water partition coefficient (Wildman–Crippen LogP) is 1.65. The minimum absolute atomic E-state index is 0.141. The van der Waals surface area contributed by atoms with Gasteiger partial charge in [-0.3, -0.25) is 9.69 Å². The second-order valence-corrected chi connectivity index (χ2v) is 7.17. The Morgan fingerprint density at radius 1 is 1.22 bits per heavy atom. The van der Waals surface area contributed by atoms with Gasteiger partial charge in [-0.05, 0) is 38.8 Å². The van der Waals surface area contributed by atoms with Crippen molar-refractivity contribution >= 4 is 5.91 Å². The Morgan fingerprint density at radius 3 is 2.26 bits per heavy atom. The Morgan fingerprint density at radius 2 is 1.74 bits per heavy atom. The normalized spacial score (nSPS) is 22.8. The molecule has 128 valence electrons. The summed E-state index contributed by atoms with van der Waals surface area (Å²) in [7, 11) is 0. The second kappa shape index (κ2) is 7.43. The number of morpholine rings is 1. The average molecular weight is 319 g/mol. The van der Waals surface area contributed by atoms with E-state index in [1.165, 1.54) is 5.56 Å². The molecule has 1 aliphatic rings. The first-order chi connectivity index (χ1) is 10.7. The molecule has 5 nitrogen and oxygen atoms in total. The molecule has 1 saturated heterocycles. The minimum Gasteiger partial charge on any atom is -0.373 e. The summed E-state index contributed by atoms with van der Waals surface area (Å²) in [6.07, 6.45) is 0.570. The summed E-state index contributed by atoms with van der Waals surface area (Å²) in [4.78, 5) is 14.2. The largest absolute Gasteiger partial charge is 0.373 e. The molecule has 1 aliphatic heterocycles. The van der Waals surface area contributed by atoms with Gasteiger partial charge in [-0.15, -0.1) is 0 Å². The number of amides is 1. The highest BCUT2D eigenvalue weighted by atomic mass is 16.5. The Bertz CT molecular complexity index is 512. The third-order valence-corrected chi connectivity index (χ3v) is 3.96. The molecule has 23 heavy (non-hydrogen) atoms. The lowest BCUT2D eigenvalue weighted by Crippen LogP contribution is -2.48. The van der Waals surface area contributed by atoms with Gasteiger partial charge in [0.05, 0.1) is 17.7 Å². The maximum absolute atomic E-state index is 11.8. The molecule has 1 fully saturated rings. The van der Waals surface area contributed by atoms with Crippen LogP contribution in [0.25, 0.3) is 0 Å². The first-order valence-electron chi connectivity index (χ1n) is 8.27. The number of nitrogens with one attached hydrogen (secondary N) is 1. The van der Waals surface area contributed by atoms with Gasteiger partial charge in [0.2, 0.25) is 5.91 Å². The summed E-state index contributed by atoms with van der Waals surface area (Å²) in [6, 6.07) is 8.37. The summed E-state index contributed by atoms with van der Waals surface area (Å²) in [5.41, 5.74) is 7.28. The average Bonchev–Trinajstić information content (AvgIpc) is 2.44. The highest BCUT2D eigenvalue weighted by Gasteiger charge is 2.22. The maximum atomic E-state index is 11.8. The van der Waals surface area contributed by atoms with E-state index in [2.05, 4.69) is 48.3 Å². The topological polar surface area (TPSA) is 67.6 Å². The van der Waals surface area contributed by atoms with Crippen molar-refractivity contribution in [2.75, 3.05) is 13.1 Å². The van der Waals surface area contributed by atoms with Crippen molar-refractivity contribution in [1.82, 2.24) is 10.2 Å². The number of benzene rings is 1. The summed E-state index contributed by atoms with van der Waals surface area (Å²) in [6.45, 7) is 11.0. The van der Waals surface area contributed by atoms with Crippen LogP contribution in [0.2, 0.25) is 0 Å². The van der Waals surface area contributed by atoms with Crippen molar-refractivity contribution in [2.45, 2.75) is 58.5 Å². The fourth-order valence-electron chi connectivity index (χ4n) is 2.84. The second-order valence-electron chi connectivity index (χ2n) is 7.17. The number of hydrogen-bond donors (Lipinski definition) is 2. The standard InChI is InChI=1S/C18H29N3O2/c1-13-10-21(11-14(2)23-13)12-16-7-5-15(6-8-16)9-20-17(22)18(3,4)19/h5-8,13-14H,9-12,19H2,1-4H3,(H,20,22). The SMILES string of the molecule is CC1CN(Cc2ccc(CNC(=O)C(C)(C)N)cc2)CC(C)O1. The van der Waals surface area contributed by atoms with Gasteiger partial charge >= 0.3 is 0 Å². The summed E-state index contributed by atoms with van der Waals surface area (Å²) in [5, 5.41) is 2.86. The zero-order valence-electron chi connectivity index (χ0n) is 14.6. The molecule has 1 aromatic carbocycles. The van der Waals surface area contributed by atoms with Crippen molar-refractivity contribution in [1.29, 1.82) is 0 Å². The summed E-state index contributed by atoms with van der Waals surface area (Å²) in [5.74, 6) is -0.141. The first-order valence-corrected chi connectivity index (χ1v) is 8.27. The zero-order chi connectivity index (χ0) is 17.0. The summed E-state index contributed by atoms with van der Waals surface area (Å²) >= 11 is 0. The van der Waals surface area contributed by atoms with Crippen molar-refractivity contribution in [3.63, 3.8) is 0 Å². The molecule has 1 aromatic rings. The van der Waals surface area contributed by atoms with Crippen LogP contribution >= 0.6 is 0 Å². The Kier molecular flexibility index (Phi) is 5.79. The van der Waals surface area contributed by atoms with Gasteiger partial charge in [0.25, 0.3) is 0 Å². The van der Waals surface area contributed by atoms with Crippen molar-refractivity contribution in [3.05, 3.63) is 35.4 Å². The first kappa shape index (κ1) is 17.9. The van der Waals surface area contributed by atoms with Crippen LogP contribution in [0.15, 0.2) is 24.3 Å². The van der Waals surface area contributed by atoms with E-state index in [9.17, 15) is 4.79 Å². The van der Waals surface area contributed by atoms with E-state index in [4.69, 9.17) is 10.5 Å². The minimum atomic E-state index is -0.844. The molecular formula is C18H29N3O2. The Hall–Kier alpha value is -1.43. The molecule has 2 rings (SSSR count). The molecule has 0 aromatic heterocycles. The fourth-order valence-corrected chi connectivity index (χ4v) is 2.84. The van der Waals surface area contributed by atoms with E-state index in [-0.39, 0.29) is 18.1 Å². The quantitative estimate of drug-likeness (QED) is 0.866. The smallest absolute Gasteiger partial charge is 0.239 e. The maximum Gasteiger partial charge on any atom is 0.239 e. The van der Waals surface area contributed by atoms with Crippen molar-refractivity contribution < 1.29 is 9.53 Å². The number of hydrogen-bond acceptors (Lipinski definition) is 4. The van der Waals surface area contributed by atoms with Crippen molar-refractivity contribution in [3.8, 4) is 0 Å². The predicted molar refractivity (Wildman–Crippen MR) is 91.8 cm³/mol. The van der Waals surface area contributed by atoms with Gasteiger partial charge in [-0.2, -0.15) is 0 Å². The van der Waals surface area contributed by atoms with Gasteiger partial charge < -0.3 is 15.8 Å². The lowest BCUT2D eigenvalue weighted by molar-refractivity contribution is -0.125. The van der Waals surface area contributed by atoms with Gasteiger partial charge in [-0.1, -0.05) is 24.3 Å². The molecular weight excluding hydrogens is 290 g/mol. The van der Waals surface area contributed by atoms with E-state index in [0.717, 1.165) is 25.2 Å². The van der Waals surface area contributed by atoms with Gasteiger partial charge in [0, 0.05) is 26.2 Å². The Labute approximate surface area is 139 Å². The number of rotatable bonds is 5. The molecule has 0 aliphatic carbocycles. The van der Waals surface area contributed by atoms with Gasteiger partial charge in [-0.25, -0.2) is 0 Å². The van der Waals surface area contributed by atoms with E-state index < -0.39 is 5.54 Å². The van der Waals surface area contributed by atoms with E-state index in [1.807, 2.05) is 0 Å². The van der Waals surface area contributed by atoms with E-state index >= 15 is 0 Å². The highest BCUT2D eigenvalue weighted by molar-refractivity contribution is 5.84. The van der Waals surface area contributed by atoms with E-state index in [1.54, 1.807) is 13.8 Å². The van der Waals surface area contributed by atoms with Crippen LogP contribution in [0.4, 0.5) is 0 Å². The lowest BCUT2D eigenvalue weighted by Gasteiger charge is -2.35. The van der Waals surface area contributed by atoms with E-state index in [0.29, 0.717) is 6.54 Å². The van der Waals surface area contributed by atoms with Gasteiger partial charge in [0.15, 0.2) is 0 Å². The van der Waals surface area contributed by atoms with Crippen LogP contribution in [0.5, 0.6) is 0 Å². The molecule has 3 N–H and O–H groups in total. The third kappa shape index (κ3) is 5.61. The molecule has 1 amide bonds. The number of nitrogens with two attached hydrogens (primary N) is 1. The molecule has 0 radical (unpaired) electrons. The lowest BCUT2D eigenvalue weighted by atomic mass is 10.1. The number of carbonyl (C=O) groups is 1. The molecule has 1 heterocycles. The third-order valence-electron chi connectivity index (χ3n) is 3.96. The molecule has 0 saturated carbocycles. The molecule has 0 spiro atoms. The Balaban J connectivity index is 1.86.